The monoisotopic (exact) mass is 380 g/mol. The zero-order valence-electron chi connectivity index (χ0n) is 14.8. The minimum atomic E-state index is -3.78. The van der Waals surface area contributed by atoms with Gasteiger partial charge in [0.25, 0.3) is 15.9 Å². The van der Waals surface area contributed by atoms with E-state index in [1.807, 2.05) is 0 Å². The largest absolute Gasteiger partial charge is 0.481 e. The first-order valence-corrected chi connectivity index (χ1v) is 9.15. The molecule has 26 heavy (non-hydrogen) atoms. The van der Waals surface area contributed by atoms with Gasteiger partial charge in [-0.1, -0.05) is 12.1 Å². The van der Waals surface area contributed by atoms with Crippen LogP contribution in [-0.2, 0) is 14.8 Å². The molecule has 2 rings (SSSR count). The molecule has 2 N–H and O–H groups in total. The molecule has 0 aliphatic carbocycles. The SMILES string of the molecule is Cc1oc(S(=O)(=O)N(C)C)cc1C(=O)Nc1ccc(C(C)C(=O)O)cc1. The number of amides is 1. The van der Waals surface area contributed by atoms with Crippen LogP contribution in [-0.4, -0.2) is 43.8 Å². The lowest BCUT2D eigenvalue weighted by atomic mass is 10.0. The summed E-state index contributed by atoms with van der Waals surface area (Å²) < 4.78 is 30.4. The number of furan rings is 1. The van der Waals surface area contributed by atoms with Crippen LogP contribution in [0.5, 0.6) is 0 Å². The van der Waals surface area contributed by atoms with Gasteiger partial charge in [-0.25, -0.2) is 12.7 Å². The van der Waals surface area contributed by atoms with Crippen molar-refractivity contribution >= 4 is 27.6 Å². The van der Waals surface area contributed by atoms with Gasteiger partial charge in [-0.15, -0.1) is 0 Å². The predicted octanol–water partition coefficient (Wildman–Crippen LogP) is 2.28. The van der Waals surface area contributed by atoms with Gasteiger partial charge < -0.3 is 14.8 Å². The van der Waals surface area contributed by atoms with Crippen molar-refractivity contribution in [3.63, 3.8) is 0 Å². The Morgan fingerprint density at radius 1 is 1.19 bits per heavy atom. The van der Waals surface area contributed by atoms with E-state index in [2.05, 4.69) is 5.32 Å². The normalized spacial score (nSPS) is 12.8. The average molecular weight is 380 g/mol. The third-order valence-electron chi connectivity index (χ3n) is 3.91. The van der Waals surface area contributed by atoms with E-state index in [1.54, 1.807) is 31.2 Å². The van der Waals surface area contributed by atoms with Gasteiger partial charge in [-0.05, 0) is 31.5 Å². The third-order valence-corrected chi connectivity index (χ3v) is 5.58. The van der Waals surface area contributed by atoms with Crippen LogP contribution in [0.1, 0.15) is 34.5 Å². The van der Waals surface area contributed by atoms with Crippen LogP contribution in [0.25, 0.3) is 0 Å². The van der Waals surface area contributed by atoms with Gasteiger partial charge in [0.1, 0.15) is 5.76 Å². The Kier molecular flexibility index (Phi) is 5.53. The highest BCUT2D eigenvalue weighted by molar-refractivity contribution is 7.88. The second-order valence-corrected chi connectivity index (χ2v) is 8.04. The van der Waals surface area contributed by atoms with E-state index in [9.17, 15) is 18.0 Å². The van der Waals surface area contributed by atoms with Crippen molar-refractivity contribution in [1.82, 2.24) is 4.31 Å². The first-order chi connectivity index (χ1) is 12.0. The Bertz CT molecular complexity index is 929. The third kappa shape index (κ3) is 3.94. The number of nitrogens with one attached hydrogen (secondary N) is 1. The molecule has 1 amide bonds. The number of nitrogens with zero attached hydrogens (tertiary/aromatic N) is 1. The predicted molar refractivity (Wildman–Crippen MR) is 94.8 cm³/mol. The maximum Gasteiger partial charge on any atom is 0.310 e. The van der Waals surface area contributed by atoms with Gasteiger partial charge in [-0.3, -0.25) is 9.59 Å². The molecule has 1 aromatic heterocycles. The second-order valence-electron chi connectivity index (χ2n) is 5.96. The van der Waals surface area contributed by atoms with Crippen LogP contribution >= 0.6 is 0 Å². The molecule has 1 aromatic carbocycles. The molecule has 2 aromatic rings. The first kappa shape index (κ1) is 19.7. The number of sulfonamides is 1. The van der Waals surface area contributed by atoms with Crippen molar-refractivity contribution in [2.75, 3.05) is 19.4 Å². The number of carbonyl (C=O) groups excluding carboxylic acids is 1. The van der Waals surface area contributed by atoms with E-state index in [0.29, 0.717) is 11.3 Å². The van der Waals surface area contributed by atoms with Crippen molar-refractivity contribution in [1.29, 1.82) is 0 Å². The summed E-state index contributed by atoms with van der Waals surface area (Å²) in [5, 5.41) is 11.3. The molecule has 1 heterocycles. The molecule has 0 bridgehead atoms. The molecule has 1 atom stereocenters. The van der Waals surface area contributed by atoms with Gasteiger partial charge in [-0.2, -0.15) is 0 Å². The zero-order valence-corrected chi connectivity index (χ0v) is 15.6. The van der Waals surface area contributed by atoms with Gasteiger partial charge in [0.15, 0.2) is 0 Å². The van der Waals surface area contributed by atoms with Crippen molar-refractivity contribution in [2.45, 2.75) is 24.9 Å². The minimum Gasteiger partial charge on any atom is -0.481 e. The molecular weight excluding hydrogens is 360 g/mol. The molecule has 9 heteroatoms. The quantitative estimate of drug-likeness (QED) is 0.794. The fourth-order valence-corrected chi connectivity index (χ4v) is 3.04. The van der Waals surface area contributed by atoms with Crippen LogP contribution in [0.3, 0.4) is 0 Å². The summed E-state index contributed by atoms with van der Waals surface area (Å²) in [5.41, 5.74) is 1.16. The Balaban J connectivity index is 2.21. The number of anilines is 1. The summed E-state index contributed by atoms with van der Waals surface area (Å²) in [6, 6.07) is 7.57. The highest BCUT2D eigenvalue weighted by atomic mass is 32.2. The molecule has 0 aliphatic rings. The molecule has 140 valence electrons. The number of aliphatic carboxylic acids is 1. The summed E-state index contributed by atoms with van der Waals surface area (Å²) in [6.07, 6.45) is 0. The Morgan fingerprint density at radius 3 is 2.27 bits per heavy atom. The number of carboxylic acid groups (broad SMARTS) is 1. The molecule has 0 radical (unpaired) electrons. The smallest absolute Gasteiger partial charge is 0.310 e. The Hall–Kier alpha value is -2.65. The number of rotatable bonds is 6. The lowest BCUT2D eigenvalue weighted by Gasteiger charge is -2.08. The topological polar surface area (TPSA) is 117 Å². The Morgan fingerprint density at radius 2 is 1.77 bits per heavy atom. The van der Waals surface area contributed by atoms with Crippen LogP contribution in [0.4, 0.5) is 5.69 Å². The van der Waals surface area contributed by atoms with E-state index in [-0.39, 0.29) is 16.4 Å². The maximum atomic E-state index is 12.4. The van der Waals surface area contributed by atoms with Gasteiger partial charge in [0.05, 0.1) is 11.5 Å². The molecule has 0 spiro atoms. The molecule has 1 unspecified atom stereocenters. The lowest BCUT2D eigenvalue weighted by molar-refractivity contribution is -0.138. The minimum absolute atomic E-state index is 0.105. The summed E-state index contributed by atoms with van der Waals surface area (Å²) >= 11 is 0. The van der Waals surface area contributed by atoms with E-state index < -0.39 is 27.8 Å². The van der Waals surface area contributed by atoms with E-state index in [1.165, 1.54) is 27.1 Å². The maximum absolute atomic E-state index is 12.4. The summed E-state index contributed by atoms with van der Waals surface area (Å²) in [6.45, 7) is 3.07. The van der Waals surface area contributed by atoms with E-state index in [0.717, 1.165) is 4.31 Å². The lowest BCUT2D eigenvalue weighted by Crippen LogP contribution is -2.21. The molecule has 0 aliphatic heterocycles. The van der Waals surface area contributed by atoms with E-state index >= 15 is 0 Å². The number of carbonyl (C=O) groups is 2. The average Bonchev–Trinajstić information content (AvgIpc) is 2.97. The molecule has 8 nitrogen and oxygen atoms in total. The second kappa shape index (κ2) is 7.30. The number of benzene rings is 1. The number of hydrogen-bond acceptors (Lipinski definition) is 5. The van der Waals surface area contributed by atoms with Crippen molar-refractivity contribution in [2.24, 2.45) is 0 Å². The fraction of sp³-hybridized carbons (Fsp3) is 0.294. The first-order valence-electron chi connectivity index (χ1n) is 7.71. The highest BCUT2D eigenvalue weighted by Crippen LogP contribution is 2.23. The van der Waals surface area contributed by atoms with Crippen molar-refractivity contribution in [3.05, 3.63) is 47.2 Å². The van der Waals surface area contributed by atoms with Crippen LogP contribution in [0.2, 0.25) is 0 Å². The van der Waals surface area contributed by atoms with Crippen molar-refractivity contribution < 1.29 is 27.5 Å². The van der Waals surface area contributed by atoms with Crippen molar-refractivity contribution in [3.8, 4) is 0 Å². The molecule has 0 fully saturated rings. The highest BCUT2D eigenvalue weighted by Gasteiger charge is 2.25. The van der Waals surface area contributed by atoms with Gasteiger partial charge in [0.2, 0.25) is 5.09 Å². The van der Waals surface area contributed by atoms with Crippen LogP contribution in [0, 0.1) is 6.92 Å². The zero-order chi connectivity index (χ0) is 19.6. The number of aryl methyl sites for hydroxylation is 1. The van der Waals surface area contributed by atoms with Crippen LogP contribution < -0.4 is 5.32 Å². The van der Waals surface area contributed by atoms with Gasteiger partial charge in [0, 0.05) is 25.8 Å². The molecule has 0 saturated heterocycles. The number of hydrogen-bond donors (Lipinski definition) is 2. The summed E-state index contributed by atoms with van der Waals surface area (Å²) in [4.78, 5) is 23.4. The fourth-order valence-electron chi connectivity index (χ4n) is 2.18. The molecular formula is C17H20N2O6S. The molecule has 0 saturated carbocycles. The van der Waals surface area contributed by atoms with Crippen LogP contribution in [0.15, 0.2) is 39.8 Å². The van der Waals surface area contributed by atoms with Gasteiger partial charge >= 0.3 is 5.97 Å². The summed E-state index contributed by atoms with van der Waals surface area (Å²) in [5.74, 6) is -1.94. The standard InChI is InChI=1S/C17H20N2O6S/c1-10(17(21)22)12-5-7-13(8-6-12)18-16(20)14-9-15(25-11(14)2)26(23,24)19(3)4/h5-10H,1-4H3,(H,18,20)(H,21,22). The van der Waals surface area contributed by atoms with E-state index in [4.69, 9.17) is 9.52 Å². The summed E-state index contributed by atoms with van der Waals surface area (Å²) in [7, 11) is -1.04. The Labute approximate surface area is 151 Å². The number of carboxylic acids is 1.